The smallest absolute Gasteiger partial charge is 0.255 e. The van der Waals surface area contributed by atoms with Gasteiger partial charge in [0.15, 0.2) is 0 Å². The molecule has 1 N–H and O–H groups in total. The van der Waals surface area contributed by atoms with E-state index in [4.69, 9.17) is 9.47 Å². The van der Waals surface area contributed by atoms with E-state index in [1.807, 2.05) is 23.1 Å². The predicted molar refractivity (Wildman–Crippen MR) is 110 cm³/mol. The summed E-state index contributed by atoms with van der Waals surface area (Å²) in [4.78, 5) is 21.3. The third-order valence-corrected chi connectivity index (χ3v) is 4.84. The Hall–Kier alpha value is -2.80. The summed E-state index contributed by atoms with van der Waals surface area (Å²) in [5, 5.41) is 3.28. The van der Waals surface area contributed by atoms with Crippen LogP contribution in [0.25, 0.3) is 0 Å². The van der Waals surface area contributed by atoms with Gasteiger partial charge in [-0.3, -0.25) is 9.78 Å². The number of benzene rings is 1. The topological polar surface area (TPSA) is 66.9 Å². The van der Waals surface area contributed by atoms with Crippen molar-refractivity contribution >= 4 is 17.3 Å². The summed E-state index contributed by atoms with van der Waals surface area (Å²) in [6, 6.07) is 9.91. The number of rotatable bonds is 8. The summed E-state index contributed by atoms with van der Waals surface area (Å²) in [7, 11) is 3.35. The van der Waals surface area contributed by atoms with Crippen molar-refractivity contribution in [2.24, 2.45) is 0 Å². The largest absolute Gasteiger partial charge is 0.497 e. The predicted octanol–water partition coefficient (Wildman–Crippen LogP) is 2.50. The van der Waals surface area contributed by atoms with Crippen molar-refractivity contribution in [3.8, 4) is 5.75 Å². The third kappa shape index (κ3) is 5.13. The Kier molecular flexibility index (Phi) is 7.08. The zero-order chi connectivity index (χ0) is 19.8. The number of amides is 1. The van der Waals surface area contributed by atoms with Crippen molar-refractivity contribution in [2.75, 3.05) is 63.8 Å². The molecule has 2 aromatic rings. The summed E-state index contributed by atoms with van der Waals surface area (Å²) in [6.07, 6.45) is 4.28. The normalized spacial score (nSPS) is 14.1. The molecule has 1 aliphatic heterocycles. The lowest BCUT2D eigenvalue weighted by Gasteiger charge is -2.36. The Morgan fingerprint density at radius 3 is 2.54 bits per heavy atom. The fourth-order valence-electron chi connectivity index (χ4n) is 3.25. The molecule has 7 nitrogen and oxygen atoms in total. The SMILES string of the molecule is COCCCNc1cncc(C(=O)N2CCN(c3ccc(OC)cc3)CC2)c1. The van der Waals surface area contributed by atoms with E-state index < -0.39 is 0 Å². The van der Waals surface area contributed by atoms with Crippen molar-refractivity contribution < 1.29 is 14.3 Å². The first-order valence-electron chi connectivity index (χ1n) is 9.57. The number of ether oxygens (including phenoxy) is 2. The van der Waals surface area contributed by atoms with Crippen LogP contribution in [0, 0.1) is 0 Å². The van der Waals surface area contributed by atoms with Gasteiger partial charge in [-0.05, 0) is 36.8 Å². The van der Waals surface area contributed by atoms with Gasteiger partial charge in [-0.2, -0.15) is 0 Å². The molecule has 0 bridgehead atoms. The summed E-state index contributed by atoms with van der Waals surface area (Å²) in [6.45, 7) is 4.48. The first kappa shape index (κ1) is 19.9. The average molecular weight is 384 g/mol. The monoisotopic (exact) mass is 384 g/mol. The van der Waals surface area contributed by atoms with Gasteiger partial charge in [-0.25, -0.2) is 0 Å². The Bertz CT molecular complexity index is 759. The molecule has 1 aliphatic rings. The highest BCUT2D eigenvalue weighted by Gasteiger charge is 2.22. The maximum Gasteiger partial charge on any atom is 0.255 e. The van der Waals surface area contributed by atoms with E-state index in [0.29, 0.717) is 25.3 Å². The molecule has 1 amide bonds. The third-order valence-electron chi connectivity index (χ3n) is 4.84. The molecule has 2 heterocycles. The van der Waals surface area contributed by atoms with Crippen LogP contribution in [0.1, 0.15) is 16.8 Å². The fourth-order valence-corrected chi connectivity index (χ4v) is 3.25. The van der Waals surface area contributed by atoms with Gasteiger partial charge in [-0.1, -0.05) is 0 Å². The number of hydrogen-bond acceptors (Lipinski definition) is 6. The maximum atomic E-state index is 12.9. The van der Waals surface area contributed by atoms with E-state index in [1.165, 1.54) is 0 Å². The van der Waals surface area contributed by atoms with E-state index in [2.05, 4.69) is 27.3 Å². The summed E-state index contributed by atoms with van der Waals surface area (Å²) >= 11 is 0. The van der Waals surface area contributed by atoms with Gasteiger partial charge in [0, 0.05) is 64.5 Å². The number of nitrogens with zero attached hydrogens (tertiary/aromatic N) is 3. The number of pyridine rings is 1. The minimum absolute atomic E-state index is 0.0300. The number of aromatic nitrogens is 1. The highest BCUT2D eigenvalue weighted by molar-refractivity contribution is 5.95. The van der Waals surface area contributed by atoms with Gasteiger partial charge in [0.1, 0.15) is 5.75 Å². The molecular formula is C21H28N4O3. The van der Waals surface area contributed by atoms with Crippen LogP contribution in [0.4, 0.5) is 11.4 Å². The van der Waals surface area contributed by atoms with Gasteiger partial charge >= 0.3 is 0 Å². The number of nitrogens with one attached hydrogen (secondary N) is 1. The molecule has 28 heavy (non-hydrogen) atoms. The van der Waals surface area contributed by atoms with Crippen molar-refractivity contribution in [1.29, 1.82) is 0 Å². The fraction of sp³-hybridized carbons (Fsp3) is 0.429. The van der Waals surface area contributed by atoms with Crippen LogP contribution >= 0.6 is 0 Å². The second-order valence-corrected chi connectivity index (χ2v) is 6.71. The molecule has 0 unspecified atom stereocenters. The highest BCUT2D eigenvalue weighted by Crippen LogP contribution is 2.21. The first-order valence-corrected chi connectivity index (χ1v) is 9.57. The lowest BCUT2D eigenvalue weighted by molar-refractivity contribution is 0.0746. The molecule has 1 saturated heterocycles. The van der Waals surface area contributed by atoms with Gasteiger partial charge in [-0.15, -0.1) is 0 Å². The Morgan fingerprint density at radius 1 is 1.11 bits per heavy atom. The van der Waals surface area contributed by atoms with E-state index in [1.54, 1.807) is 26.6 Å². The van der Waals surface area contributed by atoms with E-state index in [0.717, 1.165) is 43.2 Å². The lowest BCUT2D eigenvalue weighted by Crippen LogP contribution is -2.48. The van der Waals surface area contributed by atoms with Crippen LogP contribution in [0.5, 0.6) is 5.75 Å². The van der Waals surface area contributed by atoms with Crippen molar-refractivity contribution in [2.45, 2.75) is 6.42 Å². The molecule has 1 fully saturated rings. The standard InChI is InChI=1S/C21H28N4O3/c1-27-13-3-8-23-18-14-17(15-22-16-18)21(26)25-11-9-24(10-12-25)19-4-6-20(28-2)7-5-19/h4-7,14-16,23H,3,8-13H2,1-2H3. The average Bonchev–Trinajstić information content (AvgIpc) is 2.77. The van der Waals surface area contributed by atoms with Crippen molar-refractivity contribution in [1.82, 2.24) is 9.88 Å². The van der Waals surface area contributed by atoms with Gasteiger partial charge < -0.3 is 24.6 Å². The molecular weight excluding hydrogens is 356 g/mol. The molecule has 0 saturated carbocycles. The number of carbonyl (C=O) groups excluding carboxylic acids is 1. The van der Waals surface area contributed by atoms with Gasteiger partial charge in [0.05, 0.1) is 18.4 Å². The zero-order valence-corrected chi connectivity index (χ0v) is 16.6. The first-order chi connectivity index (χ1) is 13.7. The summed E-state index contributed by atoms with van der Waals surface area (Å²) in [5.74, 6) is 0.878. The number of hydrogen-bond donors (Lipinski definition) is 1. The minimum atomic E-state index is 0.0300. The highest BCUT2D eigenvalue weighted by atomic mass is 16.5. The molecule has 1 aromatic carbocycles. The molecule has 3 rings (SSSR count). The molecule has 0 aliphatic carbocycles. The Balaban J connectivity index is 1.54. The number of carbonyl (C=O) groups is 1. The molecule has 0 radical (unpaired) electrons. The van der Waals surface area contributed by atoms with Gasteiger partial charge in [0.25, 0.3) is 5.91 Å². The zero-order valence-electron chi connectivity index (χ0n) is 16.6. The molecule has 0 atom stereocenters. The van der Waals surface area contributed by atoms with Crippen LogP contribution in [-0.2, 0) is 4.74 Å². The van der Waals surface area contributed by atoms with E-state index in [9.17, 15) is 4.79 Å². The number of methoxy groups -OCH3 is 2. The Labute approximate surface area is 166 Å². The summed E-state index contributed by atoms with van der Waals surface area (Å²) < 4.78 is 10.3. The van der Waals surface area contributed by atoms with Crippen LogP contribution < -0.4 is 15.0 Å². The molecule has 1 aromatic heterocycles. The van der Waals surface area contributed by atoms with E-state index in [-0.39, 0.29) is 5.91 Å². The lowest BCUT2D eigenvalue weighted by atomic mass is 10.2. The van der Waals surface area contributed by atoms with Crippen LogP contribution in [0.3, 0.4) is 0 Å². The quantitative estimate of drug-likeness (QED) is 0.706. The van der Waals surface area contributed by atoms with Crippen LogP contribution in [-0.4, -0.2) is 69.3 Å². The van der Waals surface area contributed by atoms with Crippen molar-refractivity contribution in [3.63, 3.8) is 0 Å². The number of anilines is 2. The van der Waals surface area contributed by atoms with E-state index >= 15 is 0 Å². The molecule has 0 spiro atoms. The maximum absolute atomic E-state index is 12.9. The second kappa shape index (κ2) is 9.94. The molecule has 150 valence electrons. The van der Waals surface area contributed by atoms with Crippen molar-refractivity contribution in [3.05, 3.63) is 48.3 Å². The van der Waals surface area contributed by atoms with Gasteiger partial charge in [0.2, 0.25) is 0 Å². The Morgan fingerprint density at radius 2 is 1.86 bits per heavy atom. The second-order valence-electron chi connectivity index (χ2n) is 6.71. The molecule has 7 heteroatoms. The van der Waals surface area contributed by atoms with Crippen LogP contribution in [0.2, 0.25) is 0 Å². The summed E-state index contributed by atoms with van der Waals surface area (Å²) in [5.41, 5.74) is 2.63. The van der Waals surface area contributed by atoms with Crippen LogP contribution in [0.15, 0.2) is 42.7 Å². The number of piperazine rings is 1. The minimum Gasteiger partial charge on any atom is -0.497 e.